The molecule has 1 aliphatic rings. The Morgan fingerprint density at radius 1 is 1.21 bits per heavy atom. The van der Waals surface area contributed by atoms with Crippen molar-refractivity contribution in [2.75, 3.05) is 0 Å². The van der Waals surface area contributed by atoms with Crippen molar-refractivity contribution in [2.24, 2.45) is 5.73 Å². The lowest BCUT2D eigenvalue weighted by atomic mass is 9.97. The fraction of sp³-hybridized carbons (Fsp3) is 0.600. The third-order valence-electron chi connectivity index (χ3n) is 2.79. The van der Waals surface area contributed by atoms with Crippen LogP contribution in [0, 0.1) is 0 Å². The minimum absolute atomic E-state index is 0.414. The van der Waals surface area contributed by atoms with Crippen LogP contribution in [0.5, 0.6) is 0 Å². The van der Waals surface area contributed by atoms with Gasteiger partial charge in [-0.25, -0.2) is 0 Å². The van der Waals surface area contributed by atoms with E-state index < -0.39 is 5.91 Å². The van der Waals surface area contributed by atoms with Crippen LogP contribution in [-0.2, 0) is 12.8 Å². The van der Waals surface area contributed by atoms with E-state index in [9.17, 15) is 4.79 Å². The van der Waals surface area contributed by atoms with Crippen LogP contribution in [0.25, 0.3) is 0 Å². The summed E-state index contributed by atoms with van der Waals surface area (Å²) in [6.07, 6.45) is 6.74. The number of nitrogens with two attached hydrogens (primary N) is 1. The zero-order valence-corrected chi connectivity index (χ0v) is 8.18. The topological polar surface area (TPSA) is 71.8 Å². The van der Waals surface area contributed by atoms with Gasteiger partial charge in [0.05, 0.1) is 0 Å². The van der Waals surface area contributed by atoms with E-state index >= 15 is 0 Å². The third-order valence-corrected chi connectivity index (χ3v) is 2.79. The Morgan fingerprint density at radius 3 is 2.64 bits per heavy atom. The summed E-state index contributed by atoms with van der Waals surface area (Å²) in [6.45, 7) is 0. The molecule has 1 heterocycles. The molecule has 76 valence electrons. The summed E-state index contributed by atoms with van der Waals surface area (Å²) in [5.41, 5.74) is 7.86. The van der Waals surface area contributed by atoms with Gasteiger partial charge in [0, 0.05) is 11.3 Å². The number of H-pyrrole nitrogens is 1. The Bertz CT molecular complexity index is 343. The molecule has 3 N–H and O–H groups in total. The number of fused-ring (bicyclic) bond motifs is 1. The first-order valence-corrected chi connectivity index (χ1v) is 5.15. The molecule has 4 nitrogen and oxygen atoms in total. The Kier molecular flexibility index (Phi) is 2.52. The molecule has 0 spiro atoms. The SMILES string of the molecule is NC(=O)c1n[nH]c2c1CCCCCC2. The van der Waals surface area contributed by atoms with Crippen molar-refractivity contribution in [3.8, 4) is 0 Å². The number of carbonyl (C=O) groups is 1. The summed E-state index contributed by atoms with van der Waals surface area (Å²) >= 11 is 0. The van der Waals surface area contributed by atoms with Crippen LogP contribution in [0.3, 0.4) is 0 Å². The number of rotatable bonds is 1. The summed E-state index contributed by atoms with van der Waals surface area (Å²) in [7, 11) is 0. The molecule has 0 saturated heterocycles. The van der Waals surface area contributed by atoms with Gasteiger partial charge in [0.1, 0.15) is 0 Å². The second kappa shape index (κ2) is 3.82. The molecule has 0 fully saturated rings. The average molecular weight is 193 g/mol. The lowest BCUT2D eigenvalue weighted by Crippen LogP contribution is -2.14. The minimum Gasteiger partial charge on any atom is -0.364 e. The van der Waals surface area contributed by atoms with Crippen molar-refractivity contribution in [3.63, 3.8) is 0 Å². The molecular formula is C10H15N3O. The van der Waals surface area contributed by atoms with Crippen LogP contribution in [-0.4, -0.2) is 16.1 Å². The van der Waals surface area contributed by atoms with Gasteiger partial charge < -0.3 is 5.73 Å². The van der Waals surface area contributed by atoms with Crippen LogP contribution in [0.2, 0.25) is 0 Å². The lowest BCUT2D eigenvalue weighted by Gasteiger charge is -2.08. The zero-order chi connectivity index (χ0) is 9.97. The highest BCUT2D eigenvalue weighted by molar-refractivity contribution is 5.92. The van der Waals surface area contributed by atoms with E-state index in [-0.39, 0.29) is 0 Å². The molecule has 2 rings (SSSR count). The van der Waals surface area contributed by atoms with E-state index in [2.05, 4.69) is 10.2 Å². The molecule has 0 aliphatic heterocycles. The van der Waals surface area contributed by atoms with Gasteiger partial charge in [0.25, 0.3) is 5.91 Å². The number of amides is 1. The van der Waals surface area contributed by atoms with Gasteiger partial charge in [0.15, 0.2) is 5.69 Å². The normalized spacial score (nSPS) is 16.9. The van der Waals surface area contributed by atoms with Crippen molar-refractivity contribution in [3.05, 3.63) is 17.0 Å². The monoisotopic (exact) mass is 193 g/mol. The first-order chi connectivity index (χ1) is 6.79. The van der Waals surface area contributed by atoms with Gasteiger partial charge in [0.2, 0.25) is 0 Å². The van der Waals surface area contributed by atoms with E-state index in [0.717, 1.165) is 30.5 Å². The van der Waals surface area contributed by atoms with Gasteiger partial charge in [-0.2, -0.15) is 5.10 Å². The Labute approximate surface area is 82.9 Å². The standard InChI is InChI=1S/C10H15N3O/c11-10(14)9-7-5-3-1-2-4-6-8(7)12-13-9/h1-6H2,(H2,11,14)(H,12,13). The van der Waals surface area contributed by atoms with E-state index in [0.29, 0.717) is 5.69 Å². The van der Waals surface area contributed by atoms with E-state index in [1.807, 2.05) is 0 Å². The smallest absolute Gasteiger partial charge is 0.269 e. The van der Waals surface area contributed by atoms with Crippen molar-refractivity contribution in [2.45, 2.75) is 38.5 Å². The molecule has 1 aromatic heterocycles. The number of primary amides is 1. The van der Waals surface area contributed by atoms with Gasteiger partial charge in [-0.1, -0.05) is 12.8 Å². The Balaban J connectivity index is 2.33. The van der Waals surface area contributed by atoms with Crippen molar-refractivity contribution < 1.29 is 4.79 Å². The fourth-order valence-corrected chi connectivity index (χ4v) is 2.04. The summed E-state index contributed by atoms with van der Waals surface area (Å²) < 4.78 is 0. The molecule has 1 amide bonds. The lowest BCUT2D eigenvalue weighted by molar-refractivity contribution is 0.0994. The number of hydrogen-bond donors (Lipinski definition) is 2. The molecule has 0 unspecified atom stereocenters. The predicted octanol–water partition coefficient (Wildman–Crippen LogP) is 1.17. The summed E-state index contributed by atoms with van der Waals surface area (Å²) in [5, 5.41) is 6.91. The number of aryl methyl sites for hydroxylation is 1. The molecule has 0 radical (unpaired) electrons. The highest BCUT2D eigenvalue weighted by atomic mass is 16.1. The molecule has 0 atom stereocenters. The summed E-state index contributed by atoms with van der Waals surface area (Å²) in [6, 6.07) is 0. The van der Waals surface area contributed by atoms with Crippen LogP contribution in [0.15, 0.2) is 0 Å². The van der Waals surface area contributed by atoms with Crippen molar-refractivity contribution >= 4 is 5.91 Å². The molecule has 1 aromatic rings. The Hall–Kier alpha value is -1.32. The number of hydrogen-bond acceptors (Lipinski definition) is 2. The first kappa shape index (κ1) is 9.24. The second-order valence-corrected chi connectivity index (χ2v) is 3.81. The van der Waals surface area contributed by atoms with Gasteiger partial charge >= 0.3 is 0 Å². The Morgan fingerprint density at radius 2 is 1.93 bits per heavy atom. The van der Waals surface area contributed by atoms with Gasteiger partial charge in [-0.15, -0.1) is 0 Å². The molecule has 0 bridgehead atoms. The first-order valence-electron chi connectivity index (χ1n) is 5.15. The van der Waals surface area contributed by atoms with E-state index in [1.54, 1.807) is 0 Å². The maximum atomic E-state index is 11.1. The maximum Gasteiger partial charge on any atom is 0.269 e. The molecule has 4 heteroatoms. The summed E-state index contributed by atoms with van der Waals surface area (Å²) in [5.74, 6) is -0.414. The van der Waals surface area contributed by atoms with Crippen molar-refractivity contribution in [1.29, 1.82) is 0 Å². The van der Waals surface area contributed by atoms with Crippen molar-refractivity contribution in [1.82, 2.24) is 10.2 Å². The second-order valence-electron chi connectivity index (χ2n) is 3.81. The molecule has 0 saturated carbocycles. The fourth-order valence-electron chi connectivity index (χ4n) is 2.04. The van der Waals surface area contributed by atoms with Crippen LogP contribution >= 0.6 is 0 Å². The van der Waals surface area contributed by atoms with Gasteiger partial charge in [-0.3, -0.25) is 9.89 Å². The minimum atomic E-state index is -0.414. The predicted molar refractivity (Wildman–Crippen MR) is 53.0 cm³/mol. The third kappa shape index (κ3) is 1.64. The number of nitrogens with zero attached hydrogens (tertiary/aromatic N) is 1. The van der Waals surface area contributed by atoms with Crippen LogP contribution in [0.4, 0.5) is 0 Å². The highest BCUT2D eigenvalue weighted by Crippen LogP contribution is 2.20. The van der Waals surface area contributed by atoms with Gasteiger partial charge in [-0.05, 0) is 25.7 Å². The highest BCUT2D eigenvalue weighted by Gasteiger charge is 2.17. The maximum absolute atomic E-state index is 11.1. The van der Waals surface area contributed by atoms with E-state index in [1.165, 1.54) is 19.3 Å². The van der Waals surface area contributed by atoms with Crippen LogP contribution in [0.1, 0.15) is 47.4 Å². The van der Waals surface area contributed by atoms with Crippen LogP contribution < -0.4 is 5.73 Å². The molecule has 1 aliphatic carbocycles. The zero-order valence-electron chi connectivity index (χ0n) is 8.18. The molecule has 0 aromatic carbocycles. The number of nitrogens with one attached hydrogen (secondary N) is 1. The molecule has 14 heavy (non-hydrogen) atoms. The average Bonchev–Trinajstić information content (AvgIpc) is 2.47. The quantitative estimate of drug-likeness (QED) is 0.702. The van der Waals surface area contributed by atoms with E-state index in [4.69, 9.17) is 5.73 Å². The largest absolute Gasteiger partial charge is 0.364 e. The molecular weight excluding hydrogens is 178 g/mol. The number of carbonyl (C=O) groups excluding carboxylic acids is 1. The summed E-state index contributed by atoms with van der Waals surface area (Å²) in [4.78, 5) is 11.1. The number of aromatic nitrogens is 2. The number of aromatic amines is 1.